The number of carbonyl (C=O) groups excluding carboxylic acids is 5. The normalized spacial score (nSPS) is 24.9. The highest BCUT2D eigenvalue weighted by molar-refractivity contribution is 6.25. The van der Waals surface area contributed by atoms with Gasteiger partial charge in [-0.25, -0.2) is 13.6 Å². The first-order chi connectivity index (χ1) is 34.2. The lowest BCUT2D eigenvalue weighted by atomic mass is 9.91. The van der Waals surface area contributed by atoms with Crippen LogP contribution in [-0.2, 0) is 14.3 Å². The number of phenols is 1. The second-order valence-corrected chi connectivity index (χ2v) is 19.7. The third-order valence-corrected chi connectivity index (χ3v) is 15.0. The highest BCUT2D eigenvalue weighted by atomic mass is 19.1. The first-order valence-electron chi connectivity index (χ1n) is 23.9. The topological polar surface area (TPSA) is 212 Å². The highest BCUT2D eigenvalue weighted by Gasteiger charge is 2.53. The molecule has 11 rings (SSSR count). The third kappa shape index (κ3) is 7.96. The fraction of sp³-hybridized carbons (Fsp3) is 0.412. The van der Waals surface area contributed by atoms with Gasteiger partial charge in [0.05, 0.1) is 34.3 Å². The van der Waals surface area contributed by atoms with E-state index in [9.17, 15) is 29.1 Å². The molecular formula is C51H50F2N10O8. The summed E-state index contributed by atoms with van der Waals surface area (Å²) >= 11 is 0. The summed E-state index contributed by atoms with van der Waals surface area (Å²) in [6, 6.07) is 9.29. The van der Waals surface area contributed by atoms with Crippen LogP contribution in [0.5, 0.6) is 11.8 Å². The monoisotopic (exact) mass is 968 g/mol. The lowest BCUT2D eigenvalue weighted by Crippen LogP contribution is -2.54. The van der Waals surface area contributed by atoms with Crippen molar-refractivity contribution in [1.82, 2.24) is 40.3 Å². The highest BCUT2D eigenvalue weighted by Crippen LogP contribution is 2.46. The molecular weight excluding hydrogens is 919 g/mol. The van der Waals surface area contributed by atoms with E-state index in [0.29, 0.717) is 41.8 Å². The van der Waals surface area contributed by atoms with Crippen LogP contribution in [0, 0.1) is 29.9 Å². The van der Waals surface area contributed by atoms with Crippen molar-refractivity contribution in [3.8, 4) is 35.4 Å². The fourth-order valence-corrected chi connectivity index (χ4v) is 11.8. The fourth-order valence-electron chi connectivity index (χ4n) is 11.8. The molecule has 71 heavy (non-hydrogen) atoms. The first kappa shape index (κ1) is 45.9. The van der Waals surface area contributed by atoms with E-state index >= 15 is 8.78 Å². The number of ether oxygens (including phenoxy) is 2. The van der Waals surface area contributed by atoms with E-state index in [-0.39, 0.29) is 107 Å². The molecule has 20 heteroatoms. The van der Waals surface area contributed by atoms with Crippen LogP contribution in [0.25, 0.3) is 32.9 Å². The SMILES string of the molecule is C#Cc1c(F)ccc2cc(O)cc(-c3ncc4c(N5CC6CCC(C5)N6)nc(OC[C@@]56CC[C@@H](COC(=O)N(C)CNc7cccc8c7C(=O)N(C7CCC(=O)NC7=O)C8=O)N5CC(C)C6)nc4c3F)c12. The molecule has 3 aromatic carbocycles. The molecule has 366 valence electrons. The number of carbonyl (C=O) groups is 5. The van der Waals surface area contributed by atoms with Crippen molar-refractivity contribution in [1.29, 1.82) is 0 Å². The number of imide groups is 2. The summed E-state index contributed by atoms with van der Waals surface area (Å²) in [6.45, 7) is 4.33. The van der Waals surface area contributed by atoms with E-state index in [4.69, 9.17) is 20.9 Å². The predicted molar refractivity (Wildman–Crippen MR) is 254 cm³/mol. The molecule has 6 aliphatic heterocycles. The zero-order valence-corrected chi connectivity index (χ0v) is 39.0. The number of benzene rings is 3. The van der Waals surface area contributed by atoms with Crippen molar-refractivity contribution in [3.63, 3.8) is 0 Å². The number of hydrogen-bond donors (Lipinski definition) is 4. The maximum absolute atomic E-state index is 17.3. The number of nitrogens with one attached hydrogen (secondary N) is 3. The minimum Gasteiger partial charge on any atom is -0.508 e. The van der Waals surface area contributed by atoms with Crippen LogP contribution in [0.2, 0.25) is 0 Å². The van der Waals surface area contributed by atoms with Gasteiger partial charge in [0.2, 0.25) is 11.8 Å². The van der Waals surface area contributed by atoms with Crippen molar-refractivity contribution < 1.29 is 47.3 Å². The number of terminal acetylenes is 1. The molecule has 4 unspecified atom stereocenters. The number of rotatable bonds is 11. The molecule has 18 nitrogen and oxygen atoms in total. The van der Waals surface area contributed by atoms with E-state index in [1.165, 1.54) is 48.5 Å². The molecule has 5 saturated heterocycles. The van der Waals surface area contributed by atoms with Crippen molar-refractivity contribution in [2.24, 2.45) is 5.92 Å². The van der Waals surface area contributed by atoms with Gasteiger partial charge >= 0.3 is 12.1 Å². The third-order valence-electron chi connectivity index (χ3n) is 15.0. The number of hydrogen-bond acceptors (Lipinski definition) is 15. The molecule has 0 spiro atoms. The standard InChI is InChI=1S/C51H50F2N10O8/c1-4-32-36(52)11-8-27-16-31(64)17-34(40(27)32)43-42(53)44-35(19-54-43)45(61-21-28-9-10-29(22-61)56-28)59-49(58-44)71-24-51-15-14-30(62(51)20-26(2)18-51)23-70-50(69)60(3)25-55-37-7-5-6-33-41(37)48(68)63(47(33)67)38-12-13-39(65)57-46(38)66/h1,5-8,11,16-17,19,26,28-30,38,55-56,64H,9-10,12-15,18,20-25H2,2-3H3,(H,57,65,66)/t26?,28?,29?,30-,38?,51-/m0/s1. The molecule has 0 radical (unpaired) electrons. The number of phenolic OH excluding ortho intramolecular Hbond substituents is 1. The van der Waals surface area contributed by atoms with Crippen LogP contribution < -0.4 is 25.6 Å². The predicted octanol–water partition coefficient (Wildman–Crippen LogP) is 4.91. The maximum atomic E-state index is 17.3. The number of piperazine rings is 1. The van der Waals surface area contributed by atoms with Crippen LogP contribution in [0.3, 0.4) is 0 Å². The van der Waals surface area contributed by atoms with Gasteiger partial charge in [-0.05, 0) is 80.2 Å². The zero-order valence-electron chi connectivity index (χ0n) is 39.0. The van der Waals surface area contributed by atoms with Gasteiger partial charge in [-0.1, -0.05) is 25.0 Å². The summed E-state index contributed by atoms with van der Waals surface area (Å²) in [5.74, 6) is -0.992. The quantitative estimate of drug-likeness (QED) is 0.0787. The van der Waals surface area contributed by atoms with Gasteiger partial charge in [0.1, 0.15) is 47.9 Å². The average Bonchev–Trinajstić information content (AvgIpc) is 4.06. The second kappa shape index (κ2) is 17.7. The number of aromatic nitrogens is 3. The molecule has 6 atom stereocenters. The Hall–Kier alpha value is -7.50. The molecule has 5 aromatic rings. The minimum absolute atomic E-state index is 0.00114. The number of nitrogens with zero attached hydrogens (tertiary/aromatic N) is 7. The molecule has 8 heterocycles. The second-order valence-electron chi connectivity index (χ2n) is 19.7. The summed E-state index contributed by atoms with van der Waals surface area (Å²) < 4.78 is 44.8. The Labute approximate surface area is 406 Å². The minimum atomic E-state index is -1.11. The lowest BCUT2D eigenvalue weighted by molar-refractivity contribution is -0.136. The van der Waals surface area contributed by atoms with Crippen LogP contribution >= 0.6 is 0 Å². The van der Waals surface area contributed by atoms with Crippen molar-refractivity contribution in [2.45, 2.75) is 81.6 Å². The number of halogens is 2. The molecule has 4 N–H and O–H groups in total. The Morgan fingerprint density at radius 1 is 1.03 bits per heavy atom. The Bertz CT molecular complexity index is 3140. The summed E-state index contributed by atoms with van der Waals surface area (Å²) in [4.78, 5) is 85.5. The van der Waals surface area contributed by atoms with E-state index in [2.05, 4.69) is 48.6 Å². The Balaban J connectivity index is 0.802. The van der Waals surface area contributed by atoms with E-state index in [0.717, 1.165) is 37.1 Å². The Morgan fingerprint density at radius 3 is 2.61 bits per heavy atom. The van der Waals surface area contributed by atoms with Gasteiger partial charge in [0.25, 0.3) is 11.8 Å². The van der Waals surface area contributed by atoms with E-state index in [1.54, 1.807) is 12.1 Å². The summed E-state index contributed by atoms with van der Waals surface area (Å²) in [5.41, 5.74) is -0.184. The van der Waals surface area contributed by atoms with E-state index in [1.807, 2.05) is 0 Å². The Kier molecular flexibility index (Phi) is 11.5. The maximum Gasteiger partial charge on any atom is 0.410 e. The molecule has 2 bridgehead atoms. The Morgan fingerprint density at radius 2 is 1.83 bits per heavy atom. The smallest absolute Gasteiger partial charge is 0.410 e. The molecule has 0 aliphatic carbocycles. The van der Waals surface area contributed by atoms with Crippen LogP contribution in [0.15, 0.2) is 48.7 Å². The summed E-state index contributed by atoms with van der Waals surface area (Å²) in [7, 11) is 1.54. The van der Waals surface area contributed by atoms with Gasteiger partial charge < -0.3 is 30.1 Å². The zero-order chi connectivity index (χ0) is 49.5. The van der Waals surface area contributed by atoms with Crippen molar-refractivity contribution >= 4 is 62.9 Å². The number of piperidine rings is 1. The number of amides is 5. The molecule has 5 fully saturated rings. The van der Waals surface area contributed by atoms with Gasteiger partial charge in [0, 0.05) is 74.1 Å². The van der Waals surface area contributed by atoms with Crippen LogP contribution in [-0.4, -0.2) is 141 Å². The van der Waals surface area contributed by atoms with Crippen molar-refractivity contribution in [2.75, 3.05) is 56.8 Å². The molecule has 5 amide bonds. The van der Waals surface area contributed by atoms with Gasteiger partial charge in [0.15, 0.2) is 5.82 Å². The van der Waals surface area contributed by atoms with Crippen LogP contribution in [0.4, 0.5) is 25.1 Å². The molecule has 2 aromatic heterocycles. The lowest BCUT2D eigenvalue weighted by Gasteiger charge is -2.35. The number of aromatic hydroxyl groups is 1. The number of fused-ring (bicyclic) bond motifs is 6. The van der Waals surface area contributed by atoms with Gasteiger partial charge in [-0.3, -0.25) is 44.2 Å². The molecule has 0 saturated carbocycles. The number of pyridine rings is 1. The largest absolute Gasteiger partial charge is 0.508 e. The summed E-state index contributed by atoms with van der Waals surface area (Å²) in [5, 5.41) is 20.6. The van der Waals surface area contributed by atoms with Gasteiger partial charge in [-0.15, -0.1) is 6.42 Å². The summed E-state index contributed by atoms with van der Waals surface area (Å²) in [6.07, 6.45) is 10.9. The molecule has 6 aliphatic rings. The first-order valence-corrected chi connectivity index (χ1v) is 23.9. The van der Waals surface area contributed by atoms with Crippen molar-refractivity contribution in [3.05, 3.63) is 77.0 Å². The number of anilines is 2. The van der Waals surface area contributed by atoms with E-state index < -0.39 is 52.9 Å². The average molecular weight is 969 g/mol. The van der Waals surface area contributed by atoms with Gasteiger partial charge in [-0.2, -0.15) is 9.97 Å². The van der Waals surface area contributed by atoms with Crippen LogP contribution in [0.1, 0.15) is 78.1 Å².